The Balaban J connectivity index is 2.10. The summed E-state index contributed by atoms with van der Waals surface area (Å²) in [5.74, 6) is 0.159. The van der Waals surface area contributed by atoms with E-state index in [9.17, 15) is 0 Å². The van der Waals surface area contributed by atoms with E-state index in [2.05, 4.69) is 97.9 Å². The van der Waals surface area contributed by atoms with Crippen LogP contribution in [0.3, 0.4) is 0 Å². The van der Waals surface area contributed by atoms with Gasteiger partial charge >= 0.3 is 0 Å². The highest BCUT2D eigenvalue weighted by atomic mass is 14.5. The van der Waals surface area contributed by atoms with E-state index in [0.29, 0.717) is 19.6 Å². The number of allylic oxidation sites excluding steroid dienone is 4. The molecule has 0 amide bonds. The van der Waals surface area contributed by atoms with E-state index in [1.54, 1.807) is 0 Å². The third-order valence-corrected chi connectivity index (χ3v) is 6.67. The second kappa shape index (κ2) is 9.66. The molecule has 0 fully saturated rings. The lowest BCUT2D eigenvalue weighted by molar-refractivity contribution is 0.525. The summed E-state index contributed by atoms with van der Waals surface area (Å²) in [7, 11) is 0. The number of rotatable bonds is 8. The van der Waals surface area contributed by atoms with Gasteiger partial charge in [0.2, 0.25) is 0 Å². The van der Waals surface area contributed by atoms with Crippen molar-refractivity contribution in [3.05, 3.63) is 130 Å². The zero-order chi connectivity index (χ0) is 22.6. The van der Waals surface area contributed by atoms with E-state index in [4.69, 9.17) is 17.2 Å². The molecule has 32 heavy (non-hydrogen) atoms. The molecule has 0 bridgehead atoms. The molecule has 3 heteroatoms. The summed E-state index contributed by atoms with van der Waals surface area (Å²) < 4.78 is 0. The monoisotopic (exact) mass is 423 g/mol. The fourth-order valence-corrected chi connectivity index (χ4v) is 4.98. The molecular formula is C29H33N3. The van der Waals surface area contributed by atoms with Gasteiger partial charge in [0.25, 0.3) is 0 Å². The van der Waals surface area contributed by atoms with E-state index >= 15 is 0 Å². The molecule has 3 aromatic rings. The van der Waals surface area contributed by atoms with Gasteiger partial charge in [0.1, 0.15) is 0 Å². The third kappa shape index (κ3) is 3.95. The molecule has 6 N–H and O–H groups in total. The van der Waals surface area contributed by atoms with Gasteiger partial charge in [-0.2, -0.15) is 0 Å². The zero-order valence-electron chi connectivity index (χ0n) is 18.8. The summed E-state index contributed by atoms with van der Waals surface area (Å²) in [6, 6.07) is 26.1. The first-order chi connectivity index (χ1) is 15.6. The first-order valence-electron chi connectivity index (χ1n) is 11.4. The highest BCUT2D eigenvalue weighted by Crippen LogP contribution is 2.49. The summed E-state index contributed by atoms with van der Waals surface area (Å²) in [5.41, 5.74) is 26.2. The highest BCUT2D eigenvalue weighted by Gasteiger charge is 2.43. The molecule has 0 saturated carbocycles. The Morgan fingerprint density at radius 2 is 1.12 bits per heavy atom. The van der Waals surface area contributed by atoms with Gasteiger partial charge in [0, 0.05) is 25.6 Å². The van der Waals surface area contributed by atoms with Crippen LogP contribution in [0.2, 0.25) is 0 Å². The van der Waals surface area contributed by atoms with Gasteiger partial charge in [0.15, 0.2) is 0 Å². The Hall–Kier alpha value is -2.98. The van der Waals surface area contributed by atoms with Crippen molar-refractivity contribution in [2.75, 3.05) is 0 Å². The molecule has 3 aromatic carbocycles. The maximum atomic E-state index is 6.07. The van der Waals surface area contributed by atoms with Crippen LogP contribution in [0, 0.1) is 5.92 Å². The molecule has 0 heterocycles. The Bertz CT molecular complexity index is 1030. The molecule has 0 saturated heterocycles. The normalized spacial score (nSPS) is 15.8. The predicted octanol–water partition coefficient (Wildman–Crippen LogP) is 4.92. The van der Waals surface area contributed by atoms with Crippen molar-refractivity contribution in [3.63, 3.8) is 0 Å². The fourth-order valence-electron chi connectivity index (χ4n) is 4.98. The molecule has 1 aliphatic carbocycles. The third-order valence-electron chi connectivity index (χ3n) is 6.67. The minimum atomic E-state index is -0.422. The van der Waals surface area contributed by atoms with Crippen LogP contribution >= 0.6 is 0 Å². The average molecular weight is 424 g/mol. The van der Waals surface area contributed by atoms with Gasteiger partial charge in [-0.1, -0.05) is 104 Å². The van der Waals surface area contributed by atoms with Crippen molar-refractivity contribution in [1.29, 1.82) is 0 Å². The maximum Gasteiger partial charge on any atom is 0.0548 e. The lowest BCUT2D eigenvalue weighted by Crippen LogP contribution is -2.36. The summed E-state index contributed by atoms with van der Waals surface area (Å²) in [4.78, 5) is 0. The van der Waals surface area contributed by atoms with Crippen LogP contribution in [0.5, 0.6) is 0 Å². The lowest BCUT2D eigenvalue weighted by atomic mass is 9.61. The minimum Gasteiger partial charge on any atom is -0.326 e. The Morgan fingerprint density at radius 1 is 0.688 bits per heavy atom. The number of hydrogen-bond acceptors (Lipinski definition) is 3. The molecule has 0 radical (unpaired) electrons. The lowest BCUT2D eigenvalue weighted by Gasteiger charge is -2.40. The topological polar surface area (TPSA) is 78.1 Å². The second-order valence-electron chi connectivity index (χ2n) is 8.50. The molecule has 3 nitrogen and oxygen atoms in total. The minimum absolute atomic E-state index is 0.159. The van der Waals surface area contributed by atoms with Crippen molar-refractivity contribution in [3.8, 4) is 0 Å². The van der Waals surface area contributed by atoms with Crippen molar-refractivity contribution in [2.24, 2.45) is 23.1 Å². The van der Waals surface area contributed by atoms with E-state index in [-0.39, 0.29) is 5.92 Å². The van der Waals surface area contributed by atoms with Crippen LogP contribution in [0.25, 0.3) is 0 Å². The Morgan fingerprint density at radius 3 is 1.47 bits per heavy atom. The largest absolute Gasteiger partial charge is 0.326 e. The van der Waals surface area contributed by atoms with E-state index < -0.39 is 5.41 Å². The van der Waals surface area contributed by atoms with Crippen LogP contribution in [-0.4, -0.2) is 0 Å². The molecule has 1 aliphatic rings. The molecule has 0 spiro atoms. The fraction of sp³-hybridized carbons (Fsp3) is 0.241. The van der Waals surface area contributed by atoms with E-state index in [1.807, 2.05) is 0 Å². The number of benzene rings is 3. The standard InChI is InChI=1S/C29H33N3/c1-2-21-12-13-28(14-21)29(25-9-3-6-22(15-25)18-30,26-10-4-7-23(16-26)19-31)27-11-5-8-24(17-27)20-32/h3-17,28H,2,18-20,30-32H2,1H3. The molecular weight excluding hydrogens is 390 g/mol. The van der Waals surface area contributed by atoms with Gasteiger partial charge in [0.05, 0.1) is 5.41 Å². The van der Waals surface area contributed by atoms with Gasteiger partial charge in [-0.25, -0.2) is 0 Å². The zero-order valence-corrected chi connectivity index (χ0v) is 18.8. The predicted molar refractivity (Wildman–Crippen MR) is 134 cm³/mol. The van der Waals surface area contributed by atoms with Crippen molar-refractivity contribution in [1.82, 2.24) is 0 Å². The maximum absolute atomic E-state index is 6.07. The molecule has 4 rings (SSSR count). The summed E-state index contributed by atoms with van der Waals surface area (Å²) in [6.45, 7) is 3.73. The molecule has 1 atom stereocenters. The molecule has 0 aliphatic heterocycles. The van der Waals surface area contributed by atoms with Crippen LogP contribution in [0.4, 0.5) is 0 Å². The molecule has 1 unspecified atom stereocenters. The number of hydrogen-bond donors (Lipinski definition) is 3. The van der Waals surface area contributed by atoms with E-state index in [0.717, 1.165) is 23.1 Å². The molecule has 164 valence electrons. The number of nitrogens with two attached hydrogens (primary N) is 3. The first-order valence-corrected chi connectivity index (χ1v) is 11.4. The van der Waals surface area contributed by atoms with Gasteiger partial charge < -0.3 is 17.2 Å². The van der Waals surface area contributed by atoms with Crippen molar-refractivity contribution in [2.45, 2.75) is 38.4 Å². The smallest absolute Gasteiger partial charge is 0.0548 e. The Labute approximate surface area is 191 Å². The second-order valence-corrected chi connectivity index (χ2v) is 8.50. The van der Waals surface area contributed by atoms with E-state index in [1.165, 1.54) is 22.3 Å². The van der Waals surface area contributed by atoms with Crippen molar-refractivity contribution >= 4 is 0 Å². The van der Waals surface area contributed by atoms with Crippen LogP contribution < -0.4 is 17.2 Å². The van der Waals surface area contributed by atoms with Crippen molar-refractivity contribution < 1.29 is 0 Å². The summed E-state index contributed by atoms with van der Waals surface area (Å²) in [5, 5.41) is 0. The van der Waals surface area contributed by atoms with Gasteiger partial charge in [-0.3, -0.25) is 0 Å². The Kier molecular flexibility index (Phi) is 6.71. The first kappa shape index (κ1) is 22.2. The molecule has 0 aromatic heterocycles. The average Bonchev–Trinajstić information content (AvgIpc) is 3.34. The van der Waals surface area contributed by atoms with Crippen LogP contribution in [-0.2, 0) is 25.0 Å². The highest BCUT2D eigenvalue weighted by molar-refractivity contribution is 5.57. The van der Waals surface area contributed by atoms with Gasteiger partial charge in [-0.05, 0) is 39.8 Å². The van der Waals surface area contributed by atoms with Crippen LogP contribution in [0.1, 0.15) is 46.7 Å². The SMILES string of the molecule is CCC1=CC(C(c2cccc(CN)c2)(c2cccc(CN)c2)c2cccc(CN)c2)C=C1. The quantitative estimate of drug-likeness (QED) is 0.450. The van der Waals surface area contributed by atoms with Crippen LogP contribution in [0.15, 0.2) is 96.6 Å². The summed E-state index contributed by atoms with van der Waals surface area (Å²) >= 11 is 0. The van der Waals surface area contributed by atoms with Gasteiger partial charge in [-0.15, -0.1) is 0 Å². The summed E-state index contributed by atoms with van der Waals surface area (Å²) in [6.07, 6.45) is 8.04.